The molecule has 1 unspecified atom stereocenters. The molecule has 0 bridgehead atoms. The van der Waals surface area contributed by atoms with Crippen LogP contribution in [0.15, 0.2) is 77.3 Å². The number of carbonyl (C=O) groups is 4. The zero-order chi connectivity index (χ0) is 32.6. The number of fused-ring (bicyclic) bond motifs is 2. The maximum atomic E-state index is 14.8. The molecule has 0 radical (unpaired) electrons. The van der Waals surface area contributed by atoms with Crippen LogP contribution in [0, 0.1) is 5.92 Å². The molecule has 1 heterocycles. The summed E-state index contributed by atoms with van der Waals surface area (Å²) in [4.78, 5) is 56.8. The van der Waals surface area contributed by atoms with E-state index in [-0.39, 0.29) is 36.8 Å². The number of amides is 3. The number of anilines is 2. The molecule has 4 aromatic carbocycles. The van der Waals surface area contributed by atoms with E-state index in [1.807, 2.05) is 30.3 Å². The number of nitrogens with zero attached hydrogens (tertiary/aromatic N) is 2. The summed E-state index contributed by atoms with van der Waals surface area (Å²) in [6, 6.07) is 20.8. The normalized spacial score (nSPS) is 15.8. The van der Waals surface area contributed by atoms with Crippen molar-refractivity contribution in [1.82, 2.24) is 5.32 Å². The van der Waals surface area contributed by atoms with Gasteiger partial charge in [-0.2, -0.15) is 0 Å². The van der Waals surface area contributed by atoms with Crippen molar-refractivity contribution in [2.24, 2.45) is 11.7 Å². The van der Waals surface area contributed by atoms with E-state index in [1.54, 1.807) is 68.4 Å². The van der Waals surface area contributed by atoms with Gasteiger partial charge in [0, 0.05) is 32.7 Å². The van der Waals surface area contributed by atoms with Crippen molar-refractivity contribution in [3.63, 3.8) is 0 Å². The Morgan fingerprint density at radius 2 is 1.70 bits per heavy atom. The molecule has 1 aliphatic rings. The first-order valence-electron chi connectivity index (χ1n) is 14.2. The highest BCUT2D eigenvalue weighted by atomic mass is 79.9. The number of Topliss-reactive ketones (excluding diaryl/α,β-unsaturated/α-hetero) is 1. The molecule has 1 aliphatic heterocycles. The highest BCUT2D eigenvalue weighted by molar-refractivity contribution is 9.10. The Hall–Kier alpha value is -3.96. The fraction of sp³-hybridized carbons (Fsp3) is 0.235. The van der Waals surface area contributed by atoms with E-state index in [0.29, 0.717) is 27.7 Å². The molecule has 240 valence electrons. The van der Waals surface area contributed by atoms with E-state index >= 15 is 0 Å². The molecule has 0 aromatic heterocycles. The van der Waals surface area contributed by atoms with Gasteiger partial charge in [0.1, 0.15) is 11.3 Å². The maximum absolute atomic E-state index is 14.8. The number of nitrogens with one attached hydrogen (secondary N) is 1. The lowest BCUT2D eigenvalue weighted by atomic mass is 9.83. The average molecular weight is 728 g/mol. The molecule has 4 aromatic rings. The molecule has 3 amide bonds. The topological polar surface area (TPSA) is 122 Å². The van der Waals surface area contributed by atoms with Crippen molar-refractivity contribution >= 4 is 85.6 Å². The molecule has 0 aliphatic carbocycles. The van der Waals surface area contributed by atoms with Crippen molar-refractivity contribution in [2.45, 2.75) is 25.9 Å². The van der Waals surface area contributed by atoms with Gasteiger partial charge in [0.25, 0.3) is 5.91 Å². The molecule has 0 saturated heterocycles. The third-order valence-electron chi connectivity index (χ3n) is 8.57. The van der Waals surface area contributed by atoms with E-state index in [2.05, 4.69) is 21.2 Å². The van der Waals surface area contributed by atoms with Gasteiger partial charge in [-0.05, 0) is 80.2 Å². The fourth-order valence-corrected chi connectivity index (χ4v) is 6.40. The Morgan fingerprint density at radius 1 is 1.02 bits per heavy atom. The molecule has 0 saturated carbocycles. The summed E-state index contributed by atoms with van der Waals surface area (Å²) in [5, 5.41) is 5.08. The lowest BCUT2D eigenvalue weighted by molar-refractivity contribution is -0.133. The monoisotopic (exact) mass is 726 g/mol. The predicted octanol–water partition coefficient (Wildman–Crippen LogP) is 6.16. The summed E-state index contributed by atoms with van der Waals surface area (Å²) in [5.74, 6) is -2.30. The molecule has 3 N–H and O–H groups in total. The number of rotatable bonds is 8. The smallest absolute Gasteiger partial charge is 0.258 e. The third-order valence-corrected chi connectivity index (χ3v) is 9.50. The van der Waals surface area contributed by atoms with Gasteiger partial charge in [-0.25, -0.2) is 0 Å². The number of carbonyl (C=O) groups excluding carboxylic acids is 4. The average Bonchev–Trinajstić information content (AvgIpc) is 3.14. The van der Waals surface area contributed by atoms with Gasteiger partial charge in [0.2, 0.25) is 11.8 Å². The third kappa shape index (κ3) is 6.22. The number of halogens is 3. The summed E-state index contributed by atoms with van der Waals surface area (Å²) in [7, 11) is 3.11. The molecular formula is C34H33BrCl2N4O5. The second-order valence-corrected chi connectivity index (χ2v) is 12.3. The SMILES string of the molecule is CNC(C)(C(N)=O)[C@@H]1CN(C(=O)c2ccc(C(C)=O)cc2)c2cc(Cl)ccc2N(Cc2c(OC)ccc3c(Br)cccc23)C1=O.Cl. The van der Waals surface area contributed by atoms with Crippen molar-refractivity contribution in [3.8, 4) is 5.75 Å². The van der Waals surface area contributed by atoms with Crippen LogP contribution in [-0.4, -0.2) is 49.7 Å². The standard InChI is InChI=1S/C34H32BrClN4O5.ClH/c1-19(41)20-8-10-21(11-9-20)31(42)40-18-26(34(2,38-3)33(37)44)32(43)39(28-14-12-22(36)16-29(28)40)17-25-23-6-5-7-27(35)24(23)13-15-30(25)45-4;/h5-16,26,38H,17-18H2,1-4H3,(H2,37,44);1H/t26-,34?;/m1./s1. The first kappa shape index (κ1) is 34.9. The largest absolute Gasteiger partial charge is 0.496 e. The van der Waals surface area contributed by atoms with Crippen molar-refractivity contribution < 1.29 is 23.9 Å². The van der Waals surface area contributed by atoms with Gasteiger partial charge in [-0.15, -0.1) is 12.4 Å². The van der Waals surface area contributed by atoms with Crippen LogP contribution >= 0.6 is 39.9 Å². The lowest BCUT2D eigenvalue weighted by Crippen LogP contribution is -2.63. The van der Waals surface area contributed by atoms with E-state index in [4.69, 9.17) is 22.1 Å². The van der Waals surface area contributed by atoms with E-state index < -0.39 is 29.2 Å². The summed E-state index contributed by atoms with van der Waals surface area (Å²) in [5.41, 5.74) is 6.64. The Labute approximate surface area is 286 Å². The van der Waals surface area contributed by atoms with Crippen molar-refractivity contribution in [3.05, 3.63) is 99.0 Å². The van der Waals surface area contributed by atoms with E-state index in [0.717, 1.165) is 20.8 Å². The van der Waals surface area contributed by atoms with Gasteiger partial charge in [-0.1, -0.05) is 51.8 Å². The predicted molar refractivity (Wildman–Crippen MR) is 186 cm³/mol. The summed E-state index contributed by atoms with van der Waals surface area (Å²) >= 11 is 10.1. The van der Waals surface area contributed by atoms with E-state index in [1.165, 1.54) is 11.8 Å². The van der Waals surface area contributed by atoms with Gasteiger partial charge in [-0.3, -0.25) is 19.2 Å². The lowest BCUT2D eigenvalue weighted by Gasteiger charge is -2.36. The maximum Gasteiger partial charge on any atom is 0.258 e. The Morgan fingerprint density at radius 3 is 2.30 bits per heavy atom. The number of ketones is 1. The Bertz CT molecular complexity index is 1850. The van der Waals surface area contributed by atoms with Crippen LogP contribution in [0.25, 0.3) is 10.8 Å². The van der Waals surface area contributed by atoms with Crippen LogP contribution in [0.4, 0.5) is 11.4 Å². The van der Waals surface area contributed by atoms with Crippen LogP contribution in [-0.2, 0) is 16.1 Å². The minimum absolute atomic E-state index is 0. The molecule has 46 heavy (non-hydrogen) atoms. The number of likely N-dealkylation sites (N-methyl/N-ethyl adjacent to an activating group) is 1. The first-order valence-corrected chi connectivity index (χ1v) is 15.3. The number of hydrogen-bond donors (Lipinski definition) is 2. The summed E-state index contributed by atoms with van der Waals surface area (Å²) in [6.07, 6.45) is 0. The number of methoxy groups -OCH3 is 1. The summed E-state index contributed by atoms with van der Waals surface area (Å²) < 4.78 is 6.63. The van der Waals surface area contributed by atoms with E-state index in [9.17, 15) is 19.2 Å². The zero-order valence-electron chi connectivity index (χ0n) is 25.6. The van der Waals surface area contributed by atoms with Gasteiger partial charge >= 0.3 is 0 Å². The highest BCUT2D eigenvalue weighted by Crippen LogP contribution is 2.42. The van der Waals surface area contributed by atoms with Crippen LogP contribution in [0.3, 0.4) is 0 Å². The van der Waals surface area contributed by atoms with Gasteiger partial charge < -0.3 is 25.6 Å². The van der Waals surface area contributed by atoms with Gasteiger partial charge in [0.15, 0.2) is 5.78 Å². The molecular weight excluding hydrogens is 695 g/mol. The minimum Gasteiger partial charge on any atom is -0.496 e. The van der Waals surface area contributed by atoms with Crippen LogP contribution in [0.5, 0.6) is 5.75 Å². The molecule has 0 fully saturated rings. The quantitative estimate of drug-likeness (QED) is 0.210. The molecule has 12 heteroatoms. The number of nitrogens with two attached hydrogens (primary N) is 1. The number of benzene rings is 4. The Balaban J connectivity index is 0.00000480. The van der Waals surface area contributed by atoms with Crippen LogP contribution in [0.1, 0.15) is 40.1 Å². The molecule has 0 spiro atoms. The van der Waals surface area contributed by atoms with Crippen LogP contribution < -0.4 is 25.6 Å². The number of ether oxygens (including phenoxy) is 1. The molecule has 5 rings (SSSR count). The number of hydrogen-bond acceptors (Lipinski definition) is 6. The second-order valence-electron chi connectivity index (χ2n) is 11.1. The highest BCUT2D eigenvalue weighted by Gasteiger charge is 2.49. The Kier molecular flexibility index (Phi) is 10.5. The molecule has 9 nitrogen and oxygen atoms in total. The first-order chi connectivity index (χ1) is 21.4. The van der Waals surface area contributed by atoms with Crippen molar-refractivity contribution in [1.29, 1.82) is 0 Å². The van der Waals surface area contributed by atoms with Crippen molar-refractivity contribution in [2.75, 3.05) is 30.5 Å². The number of primary amides is 1. The second kappa shape index (κ2) is 13.8. The summed E-state index contributed by atoms with van der Waals surface area (Å²) in [6.45, 7) is 2.86. The molecule has 2 atom stereocenters. The van der Waals surface area contributed by atoms with Gasteiger partial charge in [0.05, 0.1) is 30.9 Å². The van der Waals surface area contributed by atoms with Crippen LogP contribution in [0.2, 0.25) is 5.02 Å². The fourth-order valence-electron chi connectivity index (χ4n) is 5.74. The minimum atomic E-state index is -1.54. The zero-order valence-corrected chi connectivity index (χ0v) is 28.8.